The van der Waals surface area contributed by atoms with Gasteiger partial charge in [0.05, 0.1) is 16.6 Å². The Morgan fingerprint density at radius 3 is 2.36 bits per heavy atom. The number of hydrogen-bond donors (Lipinski definition) is 1. The molecular formula is C17H22F3NO3S. The van der Waals surface area contributed by atoms with E-state index in [0.717, 1.165) is 5.56 Å². The van der Waals surface area contributed by atoms with Gasteiger partial charge in [0.25, 0.3) is 0 Å². The van der Waals surface area contributed by atoms with E-state index < -0.39 is 39.6 Å². The van der Waals surface area contributed by atoms with Crippen LogP contribution in [-0.2, 0) is 14.6 Å². The van der Waals surface area contributed by atoms with Crippen LogP contribution in [0, 0.1) is 12.8 Å². The minimum atomic E-state index is -4.35. The number of carbonyl (C=O) groups excluding carboxylic acids is 1. The normalized spacial score (nSPS) is 21.8. The van der Waals surface area contributed by atoms with Crippen molar-refractivity contribution in [3.8, 4) is 0 Å². The van der Waals surface area contributed by atoms with Crippen LogP contribution in [0.5, 0.6) is 0 Å². The Morgan fingerprint density at radius 2 is 1.76 bits per heavy atom. The lowest BCUT2D eigenvalue weighted by Gasteiger charge is -2.33. The minimum absolute atomic E-state index is 0.00386. The summed E-state index contributed by atoms with van der Waals surface area (Å²) in [5.74, 6) is -2.64. The highest BCUT2D eigenvalue weighted by Crippen LogP contribution is 2.37. The van der Waals surface area contributed by atoms with E-state index >= 15 is 0 Å². The fourth-order valence-electron chi connectivity index (χ4n) is 3.06. The van der Waals surface area contributed by atoms with Crippen LogP contribution in [0.1, 0.15) is 37.7 Å². The number of alkyl halides is 3. The van der Waals surface area contributed by atoms with E-state index in [1.807, 2.05) is 6.92 Å². The number of carbonyl (C=O) groups is 1. The smallest absolute Gasteiger partial charge is 0.353 e. The van der Waals surface area contributed by atoms with Gasteiger partial charge in [0.1, 0.15) is 0 Å². The van der Waals surface area contributed by atoms with Gasteiger partial charge < -0.3 is 5.32 Å². The van der Waals surface area contributed by atoms with Gasteiger partial charge in [-0.3, -0.25) is 4.79 Å². The van der Waals surface area contributed by atoms with Crippen molar-refractivity contribution in [2.45, 2.75) is 56.1 Å². The number of aryl methyl sites for hydroxylation is 1. The van der Waals surface area contributed by atoms with Gasteiger partial charge >= 0.3 is 6.18 Å². The second kappa shape index (κ2) is 7.76. The largest absolute Gasteiger partial charge is 0.393 e. The molecule has 0 heterocycles. The number of rotatable bonds is 5. The topological polar surface area (TPSA) is 63.2 Å². The fraction of sp³-hybridized carbons (Fsp3) is 0.588. The van der Waals surface area contributed by atoms with E-state index in [9.17, 15) is 26.4 Å². The van der Waals surface area contributed by atoms with Crippen LogP contribution in [0.4, 0.5) is 13.2 Å². The van der Waals surface area contributed by atoms with Crippen LogP contribution >= 0.6 is 0 Å². The molecule has 0 saturated heterocycles. The van der Waals surface area contributed by atoms with E-state index in [4.69, 9.17) is 0 Å². The Balaban J connectivity index is 1.94. The van der Waals surface area contributed by atoms with Crippen molar-refractivity contribution in [1.29, 1.82) is 0 Å². The summed E-state index contributed by atoms with van der Waals surface area (Å²) >= 11 is 0. The van der Waals surface area contributed by atoms with Crippen molar-refractivity contribution < 1.29 is 26.4 Å². The van der Waals surface area contributed by atoms with Gasteiger partial charge in [-0.25, -0.2) is 8.42 Å². The van der Waals surface area contributed by atoms with Gasteiger partial charge in [0.15, 0.2) is 9.84 Å². The fourth-order valence-corrected chi connectivity index (χ4v) is 4.31. The molecular weight excluding hydrogens is 355 g/mol. The van der Waals surface area contributed by atoms with Crippen molar-refractivity contribution in [1.82, 2.24) is 5.32 Å². The molecule has 0 bridgehead atoms. The summed E-state index contributed by atoms with van der Waals surface area (Å²) in [5, 5.41) is 2.39. The minimum Gasteiger partial charge on any atom is -0.353 e. The first-order valence-corrected chi connectivity index (χ1v) is 9.90. The zero-order valence-corrected chi connectivity index (χ0v) is 14.8. The standard InChI is InChI=1S/C17H22F3NO3S/c1-12-6-8-13(9-7-12)25(23,24)11-10-16(22)21-15-5-3-2-4-14(15)17(18,19)20/h6-9,14-15H,2-5,10-11H2,1H3,(H,21,22). The molecule has 0 radical (unpaired) electrons. The summed E-state index contributed by atoms with van der Waals surface area (Å²) in [6, 6.07) is 5.27. The third kappa shape index (κ3) is 5.45. The first-order chi connectivity index (χ1) is 11.6. The predicted molar refractivity (Wildman–Crippen MR) is 87.8 cm³/mol. The number of hydrogen-bond acceptors (Lipinski definition) is 3. The van der Waals surface area contributed by atoms with Crippen LogP contribution in [0.15, 0.2) is 29.2 Å². The average Bonchev–Trinajstić information content (AvgIpc) is 2.53. The molecule has 1 N–H and O–H groups in total. The zero-order chi connectivity index (χ0) is 18.7. The lowest BCUT2D eigenvalue weighted by Crippen LogP contribution is -2.47. The zero-order valence-electron chi connectivity index (χ0n) is 14.0. The van der Waals surface area contributed by atoms with E-state index in [2.05, 4.69) is 5.32 Å². The summed E-state index contributed by atoms with van der Waals surface area (Å²) in [5.41, 5.74) is 0.909. The van der Waals surface area contributed by atoms with Crippen LogP contribution in [-0.4, -0.2) is 32.3 Å². The van der Waals surface area contributed by atoms with Gasteiger partial charge in [-0.1, -0.05) is 30.5 Å². The number of halogens is 3. The van der Waals surface area contributed by atoms with Gasteiger partial charge in [0, 0.05) is 12.5 Å². The molecule has 1 aliphatic carbocycles. The Labute approximate surface area is 145 Å². The monoisotopic (exact) mass is 377 g/mol. The maximum Gasteiger partial charge on any atom is 0.393 e. The molecule has 0 spiro atoms. The van der Waals surface area contributed by atoms with E-state index in [-0.39, 0.29) is 24.2 Å². The molecule has 1 aromatic carbocycles. The highest BCUT2D eigenvalue weighted by molar-refractivity contribution is 7.91. The van der Waals surface area contributed by atoms with Crippen LogP contribution in [0.3, 0.4) is 0 Å². The quantitative estimate of drug-likeness (QED) is 0.855. The maximum absolute atomic E-state index is 13.0. The lowest BCUT2D eigenvalue weighted by molar-refractivity contribution is -0.189. The molecule has 2 atom stereocenters. The summed E-state index contributed by atoms with van der Waals surface area (Å²) in [4.78, 5) is 12.1. The average molecular weight is 377 g/mol. The van der Waals surface area contributed by atoms with E-state index in [1.165, 1.54) is 12.1 Å². The Kier molecular flexibility index (Phi) is 6.13. The maximum atomic E-state index is 13.0. The number of benzene rings is 1. The first-order valence-electron chi connectivity index (χ1n) is 8.25. The molecule has 0 aromatic heterocycles. The highest BCUT2D eigenvalue weighted by atomic mass is 32.2. The second-order valence-corrected chi connectivity index (χ2v) is 8.60. The van der Waals surface area contributed by atoms with Crippen molar-refractivity contribution in [2.24, 2.45) is 5.92 Å². The number of amides is 1. The highest BCUT2D eigenvalue weighted by Gasteiger charge is 2.45. The Bertz CT molecular complexity index is 699. The van der Waals surface area contributed by atoms with Crippen LogP contribution < -0.4 is 5.32 Å². The van der Waals surface area contributed by atoms with Gasteiger partial charge in [-0.15, -0.1) is 0 Å². The predicted octanol–water partition coefficient (Wildman–Crippen LogP) is 3.40. The first kappa shape index (κ1) is 19.8. The third-order valence-corrected chi connectivity index (χ3v) is 6.24. The van der Waals surface area contributed by atoms with Gasteiger partial charge in [0.2, 0.25) is 5.91 Å². The summed E-state index contributed by atoms with van der Waals surface area (Å²) in [7, 11) is -3.64. The number of sulfone groups is 1. The third-order valence-electron chi connectivity index (χ3n) is 4.51. The molecule has 140 valence electrons. The van der Waals surface area contributed by atoms with E-state index in [0.29, 0.717) is 12.8 Å². The Morgan fingerprint density at radius 1 is 1.16 bits per heavy atom. The molecule has 0 aliphatic heterocycles. The molecule has 1 fully saturated rings. The number of nitrogens with one attached hydrogen (secondary N) is 1. The van der Waals surface area contributed by atoms with Gasteiger partial charge in [-0.05, 0) is 31.9 Å². The summed E-state index contributed by atoms with van der Waals surface area (Å²) in [6.45, 7) is 1.82. The van der Waals surface area contributed by atoms with Crippen molar-refractivity contribution in [3.05, 3.63) is 29.8 Å². The van der Waals surface area contributed by atoms with Crippen molar-refractivity contribution in [3.63, 3.8) is 0 Å². The molecule has 2 rings (SSSR count). The second-order valence-electron chi connectivity index (χ2n) is 6.49. The summed E-state index contributed by atoms with van der Waals surface area (Å²) in [6.07, 6.45) is -3.34. The SMILES string of the molecule is Cc1ccc(S(=O)(=O)CCC(=O)NC2CCCCC2C(F)(F)F)cc1. The molecule has 4 nitrogen and oxygen atoms in total. The Hall–Kier alpha value is -1.57. The van der Waals surface area contributed by atoms with Crippen molar-refractivity contribution >= 4 is 15.7 Å². The van der Waals surface area contributed by atoms with Crippen molar-refractivity contribution in [2.75, 3.05) is 5.75 Å². The van der Waals surface area contributed by atoms with Crippen LogP contribution in [0.2, 0.25) is 0 Å². The molecule has 8 heteroatoms. The molecule has 1 aliphatic rings. The molecule has 1 amide bonds. The van der Waals surface area contributed by atoms with E-state index in [1.54, 1.807) is 12.1 Å². The van der Waals surface area contributed by atoms with Gasteiger partial charge in [-0.2, -0.15) is 13.2 Å². The molecule has 1 saturated carbocycles. The molecule has 1 aromatic rings. The summed E-state index contributed by atoms with van der Waals surface area (Å²) < 4.78 is 63.5. The lowest BCUT2D eigenvalue weighted by atomic mass is 9.84. The van der Waals surface area contributed by atoms with Crippen LogP contribution in [0.25, 0.3) is 0 Å². The molecule has 2 unspecified atom stereocenters. The molecule has 25 heavy (non-hydrogen) atoms.